The number of alkyl halides is 1. The highest BCUT2D eigenvalue weighted by Gasteiger charge is 2.16. The summed E-state index contributed by atoms with van der Waals surface area (Å²) in [6.07, 6.45) is 15.4. The summed E-state index contributed by atoms with van der Waals surface area (Å²) in [5.74, 6) is 0.922. The summed E-state index contributed by atoms with van der Waals surface area (Å²) in [5, 5.41) is 0. The molecule has 1 heteroatoms. The van der Waals surface area contributed by atoms with Crippen molar-refractivity contribution in [2.75, 3.05) is 0 Å². The summed E-state index contributed by atoms with van der Waals surface area (Å²) in [7, 11) is 0. The van der Waals surface area contributed by atoms with Crippen LogP contribution in [0.25, 0.3) is 0 Å². The van der Waals surface area contributed by atoms with Gasteiger partial charge in [0.1, 0.15) is 0 Å². The van der Waals surface area contributed by atoms with Crippen LogP contribution >= 0.6 is 15.9 Å². The van der Waals surface area contributed by atoms with Gasteiger partial charge in [0.05, 0.1) is 0 Å². The zero-order valence-electron chi connectivity index (χ0n) is 12.3. The molecule has 0 fully saturated rings. The predicted molar refractivity (Wildman–Crippen MR) is 84.0 cm³/mol. The summed E-state index contributed by atoms with van der Waals surface area (Å²) < 4.78 is 0. The molecule has 0 spiro atoms. The van der Waals surface area contributed by atoms with Gasteiger partial charge in [0.25, 0.3) is 0 Å². The summed E-state index contributed by atoms with van der Waals surface area (Å²) in [6, 6.07) is 0. The van der Waals surface area contributed by atoms with E-state index in [0.717, 1.165) is 10.7 Å². The minimum atomic E-state index is 0.774. The van der Waals surface area contributed by atoms with Gasteiger partial charge >= 0.3 is 0 Å². The van der Waals surface area contributed by atoms with E-state index in [-0.39, 0.29) is 0 Å². The van der Waals surface area contributed by atoms with Crippen LogP contribution in [-0.2, 0) is 0 Å². The van der Waals surface area contributed by atoms with Crippen LogP contribution in [0.1, 0.15) is 91.4 Å². The molecule has 104 valence electrons. The first kappa shape index (κ1) is 17.5. The topological polar surface area (TPSA) is 0 Å². The number of hydrogen-bond acceptors (Lipinski definition) is 0. The third kappa shape index (κ3) is 10.1. The molecular weight excluding hydrogens is 272 g/mol. The van der Waals surface area contributed by atoms with Crippen molar-refractivity contribution in [3.05, 3.63) is 0 Å². The molecule has 0 amide bonds. The van der Waals surface area contributed by atoms with Crippen molar-refractivity contribution in [1.29, 1.82) is 0 Å². The third-order valence-corrected chi connectivity index (χ3v) is 4.89. The van der Waals surface area contributed by atoms with E-state index in [2.05, 4.69) is 36.7 Å². The Kier molecular flexibility index (Phi) is 13.3. The van der Waals surface area contributed by atoms with Gasteiger partial charge < -0.3 is 0 Å². The van der Waals surface area contributed by atoms with E-state index in [1.165, 1.54) is 70.6 Å². The van der Waals surface area contributed by atoms with E-state index >= 15 is 0 Å². The second-order valence-electron chi connectivity index (χ2n) is 5.41. The Morgan fingerprint density at radius 3 is 1.88 bits per heavy atom. The molecule has 0 aromatic heterocycles. The highest BCUT2D eigenvalue weighted by Crippen LogP contribution is 2.28. The standard InChI is InChI=1S/C16H33Br/c1-4-7-9-10-11-14-16(17)15(12-6-3)13-8-5-2/h15-16H,4-14H2,1-3H3. The molecule has 0 bridgehead atoms. The number of halogens is 1. The van der Waals surface area contributed by atoms with E-state index < -0.39 is 0 Å². The molecule has 2 unspecified atom stereocenters. The van der Waals surface area contributed by atoms with Crippen LogP contribution in [0.4, 0.5) is 0 Å². The maximum Gasteiger partial charge on any atom is 0.0174 e. The second-order valence-corrected chi connectivity index (χ2v) is 6.59. The van der Waals surface area contributed by atoms with E-state index in [0.29, 0.717) is 0 Å². The van der Waals surface area contributed by atoms with Gasteiger partial charge in [0.2, 0.25) is 0 Å². The van der Waals surface area contributed by atoms with Crippen molar-refractivity contribution in [2.45, 2.75) is 96.2 Å². The molecule has 0 aliphatic rings. The zero-order valence-corrected chi connectivity index (χ0v) is 13.9. The lowest BCUT2D eigenvalue weighted by atomic mass is 9.91. The van der Waals surface area contributed by atoms with Gasteiger partial charge in [-0.3, -0.25) is 0 Å². The minimum absolute atomic E-state index is 0.774. The van der Waals surface area contributed by atoms with Crippen LogP contribution in [0.5, 0.6) is 0 Å². The molecule has 0 rings (SSSR count). The number of unbranched alkanes of at least 4 members (excludes halogenated alkanes) is 5. The Morgan fingerprint density at radius 1 is 0.647 bits per heavy atom. The maximum absolute atomic E-state index is 3.94. The van der Waals surface area contributed by atoms with E-state index in [9.17, 15) is 0 Å². The first-order chi connectivity index (χ1) is 8.26. The quantitative estimate of drug-likeness (QED) is 0.277. The third-order valence-electron chi connectivity index (χ3n) is 3.68. The molecule has 0 aromatic rings. The van der Waals surface area contributed by atoms with Crippen molar-refractivity contribution in [3.63, 3.8) is 0 Å². The van der Waals surface area contributed by atoms with E-state index in [1.54, 1.807) is 0 Å². The lowest BCUT2D eigenvalue weighted by molar-refractivity contribution is 0.399. The van der Waals surface area contributed by atoms with Gasteiger partial charge in [-0.2, -0.15) is 0 Å². The van der Waals surface area contributed by atoms with Crippen LogP contribution in [-0.4, -0.2) is 4.83 Å². The molecule has 0 aliphatic heterocycles. The highest BCUT2D eigenvalue weighted by atomic mass is 79.9. The Labute approximate surface area is 118 Å². The fourth-order valence-corrected chi connectivity index (χ4v) is 3.37. The maximum atomic E-state index is 3.94. The van der Waals surface area contributed by atoms with Crippen molar-refractivity contribution in [1.82, 2.24) is 0 Å². The summed E-state index contributed by atoms with van der Waals surface area (Å²) >= 11 is 3.94. The SMILES string of the molecule is CCCCCCCC(Br)C(CCC)CCCC. The molecule has 0 N–H and O–H groups in total. The number of hydrogen-bond donors (Lipinski definition) is 0. The molecule has 0 heterocycles. The average Bonchev–Trinajstić information content (AvgIpc) is 2.34. The van der Waals surface area contributed by atoms with Gasteiger partial charge in [0, 0.05) is 4.83 Å². The van der Waals surface area contributed by atoms with E-state index in [1.807, 2.05) is 0 Å². The Morgan fingerprint density at radius 2 is 1.29 bits per heavy atom. The average molecular weight is 305 g/mol. The Bertz CT molecular complexity index is 144. The molecule has 0 nitrogen and oxygen atoms in total. The number of rotatable bonds is 12. The highest BCUT2D eigenvalue weighted by molar-refractivity contribution is 9.09. The van der Waals surface area contributed by atoms with Gasteiger partial charge in [-0.1, -0.05) is 88.1 Å². The predicted octanol–water partition coefficient (Wildman–Crippen LogP) is 6.72. The Hall–Kier alpha value is 0.480. The van der Waals surface area contributed by atoms with Crippen molar-refractivity contribution in [3.8, 4) is 0 Å². The van der Waals surface area contributed by atoms with Crippen LogP contribution in [0.15, 0.2) is 0 Å². The van der Waals surface area contributed by atoms with Gasteiger partial charge in [-0.05, 0) is 25.2 Å². The van der Waals surface area contributed by atoms with Gasteiger partial charge in [-0.25, -0.2) is 0 Å². The molecule has 0 saturated heterocycles. The van der Waals surface area contributed by atoms with Crippen molar-refractivity contribution < 1.29 is 0 Å². The van der Waals surface area contributed by atoms with Crippen LogP contribution in [0, 0.1) is 5.92 Å². The largest absolute Gasteiger partial charge is 0.0888 e. The van der Waals surface area contributed by atoms with Crippen molar-refractivity contribution >= 4 is 15.9 Å². The molecule has 0 radical (unpaired) electrons. The van der Waals surface area contributed by atoms with Crippen molar-refractivity contribution in [2.24, 2.45) is 5.92 Å². The smallest absolute Gasteiger partial charge is 0.0174 e. The first-order valence-electron chi connectivity index (χ1n) is 7.90. The summed E-state index contributed by atoms with van der Waals surface area (Å²) in [4.78, 5) is 0.774. The van der Waals surface area contributed by atoms with Gasteiger partial charge in [-0.15, -0.1) is 0 Å². The Balaban J connectivity index is 3.68. The molecule has 17 heavy (non-hydrogen) atoms. The monoisotopic (exact) mass is 304 g/mol. The van der Waals surface area contributed by atoms with E-state index in [4.69, 9.17) is 0 Å². The summed E-state index contributed by atoms with van der Waals surface area (Å²) in [5.41, 5.74) is 0. The zero-order chi connectivity index (χ0) is 12.9. The second kappa shape index (κ2) is 12.9. The lowest BCUT2D eigenvalue weighted by Gasteiger charge is -2.22. The fourth-order valence-electron chi connectivity index (χ4n) is 2.52. The normalized spacial score (nSPS) is 14.8. The molecular formula is C16H33Br. The fraction of sp³-hybridized carbons (Fsp3) is 1.00. The first-order valence-corrected chi connectivity index (χ1v) is 8.81. The lowest BCUT2D eigenvalue weighted by Crippen LogP contribution is -2.14. The molecule has 2 atom stereocenters. The van der Waals surface area contributed by atoms with Crippen LogP contribution < -0.4 is 0 Å². The van der Waals surface area contributed by atoms with Crippen LogP contribution in [0.2, 0.25) is 0 Å². The minimum Gasteiger partial charge on any atom is -0.0888 e. The van der Waals surface area contributed by atoms with Gasteiger partial charge in [0.15, 0.2) is 0 Å². The molecule has 0 aliphatic carbocycles. The van der Waals surface area contributed by atoms with Crippen LogP contribution in [0.3, 0.4) is 0 Å². The molecule has 0 aromatic carbocycles. The molecule has 0 saturated carbocycles. The summed E-state index contributed by atoms with van der Waals surface area (Å²) in [6.45, 7) is 6.91.